The van der Waals surface area contributed by atoms with Crippen LogP contribution in [0.2, 0.25) is 0 Å². The van der Waals surface area contributed by atoms with Crippen molar-refractivity contribution in [1.29, 1.82) is 5.26 Å². The number of hydrogen-bond acceptors (Lipinski definition) is 2. The number of aryl methyl sites for hydroxylation is 1. The first-order valence-electron chi connectivity index (χ1n) is 4.06. The molecule has 2 nitrogen and oxygen atoms in total. The Kier molecular flexibility index (Phi) is 7.52. The molecule has 1 rings (SSSR count). The monoisotopic (exact) mass is 262 g/mol. The van der Waals surface area contributed by atoms with E-state index in [0.29, 0.717) is 5.56 Å². The average Bonchev–Trinajstić information content (AvgIpc) is 2.14. The first kappa shape index (κ1) is 14.2. The number of aliphatic hydroxyl groups is 1. The molecule has 0 fully saturated rings. The minimum atomic E-state index is 0. The largest absolute Gasteiger partial charge is 0.396 e. The minimum absolute atomic E-state index is 0. The van der Waals surface area contributed by atoms with E-state index in [0.717, 1.165) is 22.9 Å². The summed E-state index contributed by atoms with van der Waals surface area (Å²) in [7, 11) is 0. The van der Waals surface area contributed by atoms with Crippen LogP contribution in [0.4, 0.5) is 0 Å². The molecule has 0 spiro atoms. The van der Waals surface area contributed by atoms with Gasteiger partial charge in [0.15, 0.2) is 0 Å². The molecule has 1 aromatic rings. The number of benzene rings is 1. The SMILES string of the molecule is N#Cc1cc(Br)cc(CCCO)c1.[Na]. The zero-order valence-corrected chi connectivity index (χ0v) is 11.7. The number of nitriles is 1. The topological polar surface area (TPSA) is 44.0 Å². The van der Waals surface area contributed by atoms with E-state index >= 15 is 0 Å². The predicted molar refractivity (Wildman–Crippen MR) is 60.0 cm³/mol. The van der Waals surface area contributed by atoms with E-state index in [1.54, 1.807) is 6.07 Å². The number of rotatable bonds is 3. The van der Waals surface area contributed by atoms with Gasteiger partial charge >= 0.3 is 0 Å². The summed E-state index contributed by atoms with van der Waals surface area (Å²) < 4.78 is 0.916. The first-order valence-corrected chi connectivity index (χ1v) is 4.86. The molecule has 0 saturated carbocycles. The van der Waals surface area contributed by atoms with Crippen molar-refractivity contribution < 1.29 is 5.11 Å². The molecule has 4 heteroatoms. The summed E-state index contributed by atoms with van der Waals surface area (Å²) in [6, 6.07) is 7.69. The maximum Gasteiger partial charge on any atom is 0.0992 e. The molecule has 1 aromatic carbocycles. The van der Waals surface area contributed by atoms with E-state index in [4.69, 9.17) is 10.4 Å². The molecule has 1 N–H and O–H groups in total. The Balaban J connectivity index is 0.00000169. The van der Waals surface area contributed by atoms with Gasteiger partial charge in [-0.05, 0) is 36.6 Å². The van der Waals surface area contributed by atoms with Gasteiger partial charge in [0.05, 0.1) is 11.6 Å². The molecule has 69 valence electrons. The molecule has 0 aliphatic carbocycles. The third kappa shape index (κ3) is 4.59. The molecule has 0 amide bonds. The molecule has 0 unspecified atom stereocenters. The minimum Gasteiger partial charge on any atom is -0.396 e. The number of aliphatic hydroxyl groups excluding tert-OH is 1. The summed E-state index contributed by atoms with van der Waals surface area (Å²) in [6.45, 7) is 0.189. The van der Waals surface area contributed by atoms with Crippen molar-refractivity contribution >= 4 is 45.5 Å². The summed E-state index contributed by atoms with van der Waals surface area (Å²) in [5.41, 5.74) is 1.74. The first-order chi connectivity index (χ1) is 6.26. The van der Waals surface area contributed by atoms with E-state index in [1.807, 2.05) is 12.1 Å². The maximum atomic E-state index is 8.69. The third-order valence-corrected chi connectivity index (χ3v) is 2.17. The van der Waals surface area contributed by atoms with Crippen molar-refractivity contribution in [3.63, 3.8) is 0 Å². The molecular formula is C10H10BrNNaO. The van der Waals surface area contributed by atoms with Crippen molar-refractivity contribution in [2.24, 2.45) is 0 Å². The van der Waals surface area contributed by atoms with Crippen LogP contribution in [-0.2, 0) is 6.42 Å². The molecule has 0 aliphatic heterocycles. The van der Waals surface area contributed by atoms with Crippen molar-refractivity contribution in [3.8, 4) is 6.07 Å². The Morgan fingerprint density at radius 1 is 1.36 bits per heavy atom. The quantitative estimate of drug-likeness (QED) is 0.846. The third-order valence-electron chi connectivity index (χ3n) is 1.71. The Morgan fingerprint density at radius 3 is 2.64 bits per heavy atom. The second-order valence-electron chi connectivity index (χ2n) is 2.79. The van der Waals surface area contributed by atoms with Gasteiger partial charge < -0.3 is 5.11 Å². The Morgan fingerprint density at radius 2 is 2.07 bits per heavy atom. The fraction of sp³-hybridized carbons (Fsp3) is 0.300. The van der Waals surface area contributed by atoms with Crippen LogP contribution >= 0.6 is 15.9 Å². The van der Waals surface area contributed by atoms with Crippen molar-refractivity contribution in [1.82, 2.24) is 0 Å². The van der Waals surface area contributed by atoms with Crippen molar-refractivity contribution in [2.45, 2.75) is 12.8 Å². The molecule has 0 bridgehead atoms. The van der Waals surface area contributed by atoms with Crippen LogP contribution < -0.4 is 0 Å². The average molecular weight is 263 g/mol. The van der Waals surface area contributed by atoms with Gasteiger partial charge in [0.2, 0.25) is 0 Å². The predicted octanol–water partition coefficient (Wildman–Crippen LogP) is 1.86. The van der Waals surface area contributed by atoms with Crippen LogP contribution in [0, 0.1) is 11.3 Å². The van der Waals surface area contributed by atoms with E-state index < -0.39 is 0 Å². The number of halogens is 1. The standard InChI is InChI=1S/C10H10BrNO.Na/c11-10-5-8(2-1-3-13)4-9(6-10)7-12;/h4-6,13H,1-3H2;. The van der Waals surface area contributed by atoms with Crippen LogP contribution in [0.5, 0.6) is 0 Å². The van der Waals surface area contributed by atoms with Gasteiger partial charge in [0.1, 0.15) is 0 Å². The molecule has 0 atom stereocenters. The van der Waals surface area contributed by atoms with Gasteiger partial charge in [-0.2, -0.15) is 5.26 Å². The smallest absolute Gasteiger partial charge is 0.0992 e. The summed E-state index contributed by atoms with van der Waals surface area (Å²) in [4.78, 5) is 0. The summed E-state index contributed by atoms with van der Waals surface area (Å²) >= 11 is 3.33. The van der Waals surface area contributed by atoms with Gasteiger partial charge in [-0.3, -0.25) is 0 Å². The molecule has 0 saturated heterocycles. The van der Waals surface area contributed by atoms with E-state index in [9.17, 15) is 0 Å². The fourth-order valence-electron chi connectivity index (χ4n) is 1.14. The molecule has 0 aromatic heterocycles. The van der Waals surface area contributed by atoms with Crippen molar-refractivity contribution in [3.05, 3.63) is 33.8 Å². The number of nitrogens with zero attached hydrogens (tertiary/aromatic N) is 1. The maximum absolute atomic E-state index is 8.69. The van der Waals surface area contributed by atoms with Gasteiger partial charge in [0, 0.05) is 40.6 Å². The zero-order chi connectivity index (χ0) is 9.68. The second-order valence-corrected chi connectivity index (χ2v) is 3.70. The Labute approximate surface area is 114 Å². The molecule has 14 heavy (non-hydrogen) atoms. The van der Waals surface area contributed by atoms with Crippen LogP contribution in [0.1, 0.15) is 17.5 Å². The van der Waals surface area contributed by atoms with Crippen LogP contribution in [0.25, 0.3) is 0 Å². The van der Waals surface area contributed by atoms with Crippen LogP contribution in [-0.4, -0.2) is 41.3 Å². The van der Waals surface area contributed by atoms with Gasteiger partial charge in [-0.1, -0.05) is 15.9 Å². The summed E-state index contributed by atoms with van der Waals surface area (Å²) in [5.74, 6) is 0. The number of hydrogen-bond donors (Lipinski definition) is 1. The molecule has 0 aliphatic rings. The molecule has 0 heterocycles. The summed E-state index contributed by atoms with van der Waals surface area (Å²) in [6.07, 6.45) is 1.55. The van der Waals surface area contributed by atoms with Gasteiger partial charge in [-0.15, -0.1) is 0 Å². The van der Waals surface area contributed by atoms with Gasteiger partial charge in [0.25, 0.3) is 0 Å². The van der Waals surface area contributed by atoms with Gasteiger partial charge in [-0.25, -0.2) is 0 Å². The Bertz CT molecular complexity index is 335. The van der Waals surface area contributed by atoms with Crippen LogP contribution in [0.3, 0.4) is 0 Å². The molecular weight excluding hydrogens is 253 g/mol. The van der Waals surface area contributed by atoms with Crippen molar-refractivity contribution in [2.75, 3.05) is 6.61 Å². The molecule has 1 radical (unpaired) electrons. The second kappa shape index (κ2) is 7.44. The van der Waals surface area contributed by atoms with E-state index in [1.165, 1.54) is 0 Å². The zero-order valence-electron chi connectivity index (χ0n) is 8.13. The fourth-order valence-corrected chi connectivity index (χ4v) is 1.68. The summed E-state index contributed by atoms with van der Waals surface area (Å²) in [5, 5.41) is 17.3. The van der Waals surface area contributed by atoms with Crippen LogP contribution in [0.15, 0.2) is 22.7 Å². The van der Waals surface area contributed by atoms with E-state index in [2.05, 4.69) is 22.0 Å². The van der Waals surface area contributed by atoms with E-state index in [-0.39, 0.29) is 36.2 Å². The Hall–Kier alpha value is 0.150. The normalized spacial score (nSPS) is 8.93.